The van der Waals surface area contributed by atoms with E-state index < -0.39 is 21.8 Å². The highest BCUT2D eigenvalue weighted by Gasteiger charge is 2.32. The van der Waals surface area contributed by atoms with Gasteiger partial charge in [0.25, 0.3) is 0 Å². The van der Waals surface area contributed by atoms with Crippen LogP contribution in [0, 0.1) is 0 Å². The van der Waals surface area contributed by atoms with Gasteiger partial charge in [0, 0.05) is 18.3 Å². The van der Waals surface area contributed by atoms with E-state index in [1.807, 2.05) is 6.07 Å². The van der Waals surface area contributed by atoms with Crippen LogP contribution in [-0.2, 0) is 16.2 Å². The number of rotatable bonds is 5. The number of nitrogens with one attached hydrogen (secondary N) is 1. The Balaban J connectivity index is 1.59. The number of ether oxygens (including phenoxy) is 1. The molecule has 1 aliphatic rings. The van der Waals surface area contributed by atoms with Gasteiger partial charge < -0.3 is 4.74 Å². The van der Waals surface area contributed by atoms with Gasteiger partial charge in [-0.2, -0.15) is 13.2 Å². The molecule has 0 spiro atoms. The summed E-state index contributed by atoms with van der Waals surface area (Å²) < 4.78 is 71.5. The fourth-order valence-corrected chi connectivity index (χ4v) is 4.36. The lowest BCUT2D eigenvalue weighted by atomic mass is 9.94. The second-order valence-corrected chi connectivity index (χ2v) is 8.12. The first-order chi connectivity index (χ1) is 12.7. The van der Waals surface area contributed by atoms with Crippen LogP contribution in [-0.4, -0.2) is 25.5 Å². The van der Waals surface area contributed by atoms with Crippen molar-refractivity contribution in [3.05, 3.63) is 54.2 Å². The minimum Gasteiger partial charge on any atom is -0.474 e. The Morgan fingerprint density at radius 1 is 1.04 bits per heavy atom. The van der Waals surface area contributed by atoms with E-state index in [0.29, 0.717) is 37.6 Å². The van der Waals surface area contributed by atoms with Gasteiger partial charge in [0.2, 0.25) is 15.9 Å². The third kappa shape index (κ3) is 5.20. The van der Waals surface area contributed by atoms with Crippen molar-refractivity contribution in [1.82, 2.24) is 9.71 Å². The van der Waals surface area contributed by atoms with E-state index in [2.05, 4.69) is 9.71 Å². The molecular weight excluding hydrogens is 381 g/mol. The number of nitrogens with zero attached hydrogens (tertiary/aromatic N) is 1. The normalized spacial score (nSPS) is 21.0. The Kier molecular flexibility index (Phi) is 5.71. The predicted molar refractivity (Wildman–Crippen MR) is 92.7 cm³/mol. The van der Waals surface area contributed by atoms with Crippen molar-refractivity contribution < 1.29 is 26.3 Å². The Labute approximate surface area is 155 Å². The van der Waals surface area contributed by atoms with Gasteiger partial charge in [0.1, 0.15) is 6.10 Å². The van der Waals surface area contributed by atoms with E-state index in [0.717, 1.165) is 18.2 Å². The van der Waals surface area contributed by atoms with Gasteiger partial charge in [-0.3, -0.25) is 0 Å². The van der Waals surface area contributed by atoms with Gasteiger partial charge in [-0.25, -0.2) is 18.1 Å². The number of alkyl halides is 3. The van der Waals surface area contributed by atoms with Gasteiger partial charge in [-0.1, -0.05) is 12.1 Å². The van der Waals surface area contributed by atoms with Crippen molar-refractivity contribution in [1.29, 1.82) is 0 Å². The smallest absolute Gasteiger partial charge is 0.416 e. The molecular formula is C18H19F3N2O3S. The topological polar surface area (TPSA) is 68.3 Å². The number of pyridine rings is 1. The molecule has 3 rings (SSSR count). The van der Waals surface area contributed by atoms with E-state index in [1.165, 1.54) is 0 Å². The van der Waals surface area contributed by atoms with Crippen molar-refractivity contribution in [3.8, 4) is 5.88 Å². The molecule has 2 aromatic rings. The molecule has 1 aromatic carbocycles. The van der Waals surface area contributed by atoms with Crippen LogP contribution in [0.2, 0.25) is 0 Å². The van der Waals surface area contributed by atoms with Crippen molar-refractivity contribution in [2.24, 2.45) is 0 Å². The van der Waals surface area contributed by atoms with Crippen LogP contribution >= 0.6 is 0 Å². The van der Waals surface area contributed by atoms with Crippen LogP contribution in [0.3, 0.4) is 0 Å². The maximum atomic E-state index is 12.8. The summed E-state index contributed by atoms with van der Waals surface area (Å²) in [6.07, 6.45) is -0.685. The van der Waals surface area contributed by atoms with Gasteiger partial charge >= 0.3 is 6.18 Å². The lowest BCUT2D eigenvalue weighted by Gasteiger charge is -2.29. The second-order valence-electron chi connectivity index (χ2n) is 6.41. The molecule has 1 saturated carbocycles. The Hall–Kier alpha value is -2.13. The second kappa shape index (κ2) is 7.85. The fraction of sp³-hybridized carbons (Fsp3) is 0.389. The first-order valence-electron chi connectivity index (χ1n) is 8.51. The Morgan fingerprint density at radius 3 is 2.41 bits per heavy atom. The molecule has 0 aliphatic heterocycles. The van der Waals surface area contributed by atoms with Gasteiger partial charge in [0.05, 0.1) is 10.5 Å². The monoisotopic (exact) mass is 400 g/mol. The SMILES string of the molecule is O=S(=O)(NC1CCC(Oc2ccccn2)CC1)c1cccc(C(F)(F)F)c1. The summed E-state index contributed by atoms with van der Waals surface area (Å²) in [6, 6.07) is 8.76. The van der Waals surface area contributed by atoms with Crippen molar-refractivity contribution in [2.75, 3.05) is 0 Å². The molecule has 9 heteroatoms. The first-order valence-corrected chi connectivity index (χ1v) is 10.00. The summed E-state index contributed by atoms with van der Waals surface area (Å²) in [7, 11) is -4.02. The number of hydrogen-bond donors (Lipinski definition) is 1. The summed E-state index contributed by atoms with van der Waals surface area (Å²) in [5.74, 6) is 0.519. The van der Waals surface area contributed by atoms with Crippen LogP contribution in [0.4, 0.5) is 13.2 Å². The molecule has 0 saturated heterocycles. The minimum atomic E-state index is -4.59. The zero-order valence-corrected chi connectivity index (χ0v) is 15.1. The third-order valence-corrected chi connectivity index (χ3v) is 5.91. The summed E-state index contributed by atoms with van der Waals surface area (Å²) in [6.45, 7) is 0. The van der Waals surface area contributed by atoms with E-state index >= 15 is 0 Å². The van der Waals surface area contributed by atoms with Gasteiger partial charge in [-0.05, 0) is 49.9 Å². The lowest BCUT2D eigenvalue weighted by Crippen LogP contribution is -2.39. The number of sulfonamides is 1. The molecule has 0 amide bonds. The van der Waals surface area contributed by atoms with Crippen LogP contribution in [0.1, 0.15) is 31.2 Å². The standard InChI is InChI=1S/C18H19F3N2O3S/c19-18(20,21)13-4-3-5-16(12-13)27(24,25)23-14-7-9-15(10-8-14)26-17-6-1-2-11-22-17/h1-6,11-12,14-15,23H,7-10H2. The zero-order chi connectivity index (χ0) is 19.5. The van der Waals surface area contributed by atoms with Crippen LogP contribution in [0.25, 0.3) is 0 Å². The summed E-state index contributed by atoms with van der Waals surface area (Å²) in [4.78, 5) is 3.71. The van der Waals surface area contributed by atoms with Crippen molar-refractivity contribution in [2.45, 2.75) is 48.9 Å². The molecule has 1 aromatic heterocycles. The molecule has 0 atom stereocenters. The quantitative estimate of drug-likeness (QED) is 0.830. The van der Waals surface area contributed by atoms with E-state index in [-0.39, 0.29) is 17.0 Å². The number of aromatic nitrogens is 1. The minimum absolute atomic E-state index is 0.0609. The lowest BCUT2D eigenvalue weighted by molar-refractivity contribution is -0.137. The highest BCUT2D eigenvalue weighted by atomic mass is 32.2. The zero-order valence-electron chi connectivity index (χ0n) is 14.3. The van der Waals surface area contributed by atoms with Gasteiger partial charge in [-0.15, -0.1) is 0 Å². The van der Waals surface area contributed by atoms with E-state index in [1.54, 1.807) is 18.3 Å². The highest BCUT2D eigenvalue weighted by molar-refractivity contribution is 7.89. The van der Waals surface area contributed by atoms with Crippen LogP contribution in [0.15, 0.2) is 53.6 Å². The maximum Gasteiger partial charge on any atom is 0.416 e. The highest BCUT2D eigenvalue weighted by Crippen LogP contribution is 2.31. The Bertz CT molecular complexity index is 865. The molecule has 0 radical (unpaired) electrons. The fourth-order valence-electron chi connectivity index (χ4n) is 3.01. The molecule has 5 nitrogen and oxygen atoms in total. The summed E-state index contributed by atoms with van der Waals surface area (Å²) in [5.41, 5.74) is -0.988. The largest absolute Gasteiger partial charge is 0.474 e. The maximum absolute atomic E-state index is 12.8. The molecule has 1 fully saturated rings. The van der Waals surface area contributed by atoms with Crippen LogP contribution in [0.5, 0.6) is 5.88 Å². The van der Waals surface area contributed by atoms with Crippen LogP contribution < -0.4 is 9.46 Å². The third-order valence-electron chi connectivity index (χ3n) is 4.39. The molecule has 1 N–H and O–H groups in total. The molecule has 146 valence electrons. The molecule has 1 heterocycles. The van der Waals surface area contributed by atoms with E-state index in [4.69, 9.17) is 4.74 Å². The van der Waals surface area contributed by atoms with Crippen molar-refractivity contribution in [3.63, 3.8) is 0 Å². The summed E-state index contributed by atoms with van der Waals surface area (Å²) >= 11 is 0. The predicted octanol–water partition coefficient (Wildman–Crippen LogP) is 3.77. The first kappa shape index (κ1) is 19.6. The van der Waals surface area contributed by atoms with E-state index in [9.17, 15) is 21.6 Å². The summed E-state index contributed by atoms with van der Waals surface area (Å²) in [5, 5.41) is 0. The Morgan fingerprint density at radius 2 is 1.78 bits per heavy atom. The average Bonchev–Trinajstić information content (AvgIpc) is 2.63. The molecule has 0 bridgehead atoms. The average molecular weight is 400 g/mol. The van der Waals surface area contributed by atoms with Crippen molar-refractivity contribution >= 4 is 10.0 Å². The molecule has 0 unspecified atom stereocenters. The number of benzene rings is 1. The molecule has 27 heavy (non-hydrogen) atoms. The van der Waals surface area contributed by atoms with Gasteiger partial charge in [0.15, 0.2) is 0 Å². The number of halogens is 3. The molecule has 1 aliphatic carbocycles. The number of hydrogen-bond acceptors (Lipinski definition) is 4.